The molecule has 162 valence electrons. The summed E-state index contributed by atoms with van der Waals surface area (Å²) in [4.78, 5) is 16.6. The summed E-state index contributed by atoms with van der Waals surface area (Å²) in [6, 6.07) is 20.9. The molecule has 3 rings (SSSR count). The molecule has 0 saturated heterocycles. The molecule has 1 heterocycles. The second kappa shape index (κ2) is 11.6. The summed E-state index contributed by atoms with van der Waals surface area (Å²) in [5, 5.41) is 19.1. The standard InChI is InChI=1S/C24H28N4O3/c1-25-24(28-15-21(17-29)19-8-3-2-4-9-19)27-14-18-7-5-10-20(13-18)23(30)26-16-22-11-6-12-31-22/h2-13,21,29H,14-17H2,1H3,(H,26,30)(H2,25,27,28). The number of carbonyl (C=O) groups excluding carboxylic acids is 1. The number of nitrogens with one attached hydrogen (secondary N) is 3. The van der Waals surface area contributed by atoms with Gasteiger partial charge in [-0.1, -0.05) is 42.5 Å². The third-order valence-corrected chi connectivity index (χ3v) is 4.88. The van der Waals surface area contributed by atoms with Crippen LogP contribution in [-0.2, 0) is 13.1 Å². The number of nitrogens with zero attached hydrogens (tertiary/aromatic N) is 1. The summed E-state index contributed by atoms with van der Waals surface area (Å²) >= 11 is 0. The zero-order valence-electron chi connectivity index (χ0n) is 17.5. The largest absolute Gasteiger partial charge is 0.467 e. The Hall–Kier alpha value is -3.58. The highest BCUT2D eigenvalue weighted by molar-refractivity contribution is 5.94. The lowest BCUT2D eigenvalue weighted by Crippen LogP contribution is -2.39. The van der Waals surface area contributed by atoms with Gasteiger partial charge in [-0.05, 0) is 35.4 Å². The molecule has 2 aromatic carbocycles. The maximum absolute atomic E-state index is 12.4. The number of aliphatic hydroxyl groups is 1. The number of amides is 1. The van der Waals surface area contributed by atoms with Crippen LogP contribution in [0.5, 0.6) is 0 Å². The van der Waals surface area contributed by atoms with Crippen molar-refractivity contribution in [3.8, 4) is 0 Å². The van der Waals surface area contributed by atoms with Crippen LogP contribution in [0.3, 0.4) is 0 Å². The van der Waals surface area contributed by atoms with Gasteiger partial charge in [0.2, 0.25) is 0 Å². The fourth-order valence-corrected chi connectivity index (χ4v) is 3.14. The monoisotopic (exact) mass is 420 g/mol. The highest BCUT2D eigenvalue weighted by atomic mass is 16.3. The van der Waals surface area contributed by atoms with E-state index in [0.29, 0.717) is 36.9 Å². The Kier molecular flexibility index (Phi) is 8.25. The molecule has 0 radical (unpaired) electrons. The molecule has 0 saturated carbocycles. The first-order valence-corrected chi connectivity index (χ1v) is 10.2. The van der Waals surface area contributed by atoms with Crippen LogP contribution in [0.2, 0.25) is 0 Å². The summed E-state index contributed by atoms with van der Waals surface area (Å²) in [5.74, 6) is 1.15. The topological polar surface area (TPSA) is 98.9 Å². The second-order valence-electron chi connectivity index (χ2n) is 7.06. The summed E-state index contributed by atoms with van der Waals surface area (Å²) in [5.41, 5.74) is 2.61. The molecule has 0 aliphatic carbocycles. The van der Waals surface area contributed by atoms with E-state index in [1.807, 2.05) is 54.6 Å². The van der Waals surface area contributed by atoms with Gasteiger partial charge in [-0.2, -0.15) is 0 Å². The Labute approximate surface area is 182 Å². The van der Waals surface area contributed by atoms with E-state index in [9.17, 15) is 9.90 Å². The Morgan fingerprint density at radius 3 is 2.55 bits per heavy atom. The van der Waals surface area contributed by atoms with Crippen molar-refractivity contribution < 1.29 is 14.3 Å². The predicted octanol–water partition coefficient (Wildman–Crippen LogP) is 2.65. The third-order valence-electron chi connectivity index (χ3n) is 4.88. The van der Waals surface area contributed by atoms with E-state index >= 15 is 0 Å². The van der Waals surface area contributed by atoms with Crippen LogP contribution < -0.4 is 16.0 Å². The minimum absolute atomic E-state index is 0.0269. The molecule has 0 bridgehead atoms. The highest BCUT2D eigenvalue weighted by Crippen LogP contribution is 2.13. The summed E-state index contributed by atoms with van der Waals surface area (Å²) < 4.78 is 5.24. The molecular weight excluding hydrogens is 392 g/mol. The first-order valence-electron chi connectivity index (χ1n) is 10.2. The fourth-order valence-electron chi connectivity index (χ4n) is 3.14. The van der Waals surface area contributed by atoms with Gasteiger partial charge in [0.1, 0.15) is 5.76 Å². The van der Waals surface area contributed by atoms with E-state index < -0.39 is 0 Å². The Morgan fingerprint density at radius 1 is 1.00 bits per heavy atom. The number of rotatable bonds is 9. The second-order valence-corrected chi connectivity index (χ2v) is 7.06. The van der Waals surface area contributed by atoms with E-state index in [4.69, 9.17) is 4.42 Å². The lowest BCUT2D eigenvalue weighted by Gasteiger charge is -2.18. The quantitative estimate of drug-likeness (QED) is 0.315. The van der Waals surface area contributed by atoms with Crippen molar-refractivity contribution in [2.45, 2.75) is 19.0 Å². The number of guanidine groups is 1. The van der Waals surface area contributed by atoms with Gasteiger partial charge in [-0.25, -0.2) is 0 Å². The average Bonchev–Trinajstić information content (AvgIpc) is 3.34. The Bertz CT molecular complexity index is 972. The Balaban J connectivity index is 1.51. The summed E-state index contributed by atoms with van der Waals surface area (Å²) in [6.45, 7) is 1.45. The third kappa shape index (κ3) is 6.72. The van der Waals surface area contributed by atoms with Crippen LogP contribution in [0.15, 0.2) is 82.4 Å². The van der Waals surface area contributed by atoms with Crippen LogP contribution in [0.25, 0.3) is 0 Å². The van der Waals surface area contributed by atoms with Gasteiger partial charge in [-0.15, -0.1) is 0 Å². The molecule has 1 atom stereocenters. The minimum atomic E-state index is -0.158. The normalized spacial score (nSPS) is 12.3. The number of aliphatic imine (C=N–C) groups is 1. The van der Waals surface area contributed by atoms with Gasteiger partial charge in [0.05, 0.1) is 19.4 Å². The number of hydrogen-bond acceptors (Lipinski definition) is 4. The van der Waals surface area contributed by atoms with Crippen LogP contribution in [-0.4, -0.2) is 37.2 Å². The number of benzene rings is 2. The van der Waals surface area contributed by atoms with Gasteiger partial charge in [0, 0.05) is 31.6 Å². The predicted molar refractivity (Wildman–Crippen MR) is 121 cm³/mol. The molecule has 1 aromatic heterocycles. The van der Waals surface area contributed by atoms with E-state index in [1.54, 1.807) is 25.4 Å². The van der Waals surface area contributed by atoms with Crippen molar-refractivity contribution in [1.29, 1.82) is 0 Å². The van der Waals surface area contributed by atoms with Crippen molar-refractivity contribution in [2.24, 2.45) is 4.99 Å². The molecule has 31 heavy (non-hydrogen) atoms. The maximum atomic E-state index is 12.4. The Morgan fingerprint density at radius 2 is 1.84 bits per heavy atom. The van der Waals surface area contributed by atoms with Gasteiger partial charge < -0.3 is 25.5 Å². The van der Waals surface area contributed by atoms with E-state index in [0.717, 1.165) is 11.1 Å². The van der Waals surface area contributed by atoms with Crippen LogP contribution in [0.1, 0.15) is 33.2 Å². The summed E-state index contributed by atoms with van der Waals surface area (Å²) in [6.07, 6.45) is 1.58. The van der Waals surface area contributed by atoms with Crippen molar-refractivity contribution in [3.05, 3.63) is 95.4 Å². The molecule has 1 unspecified atom stereocenters. The maximum Gasteiger partial charge on any atom is 0.251 e. The van der Waals surface area contributed by atoms with Crippen molar-refractivity contribution >= 4 is 11.9 Å². The summed E-state index contributed by atoms with van der Waals surface area (Å²) in [7, 11) is 1.70. The molecule has 7 heteroatoms. The molecule has 7 nitrogen and oxygen atoms in total. The van der Waals surface area contributed by atoms with Gasteiger partial charge in [-0.3, -0.25) is 9.79 Å². The van der Waals surface area contributed by atoms with Crippen molar-refractivity contribution in [3.63, 3.8) is 0 Å². The van der Waals surface area contributed by atoms with E-state index in [-0.39, 0.29) is 18.4 Å². The molecule has 3 aromatic rings. The van der Waals surface area contributed by atoms with Gasteiger partial charge in [0.15, 0.2) is 5.96 Å². The molecule has 0 spiro atoms. The molecular formula is C24H28N4O3. The lowest BCUT2D eigenvalue weighted by molar-refractivity contribution is 0.0948. The number of carbonyl (C=O) groups is 1. The molecule has 0 aliphatic heterocycles. The molecule has 1 amide bonds. The number of furan rings is 1. The smallest absolute Gasteiger partial charge is 0.251 e. The van der Waals surface area contributed by atoms with Crippen molar-refractivity contribution in [2.75, 3.05) is 20.2 Å². The molecule has 4 N–H and O–H groups in total. The van der Waals surface area contributed by atoms with Crippen LogP contribution >= 0.6 is 0 Å². The van der Waals surface area contributed by atoms with Gasteiger partial charge in [0.25, 0.3) is 5.91 Å². The molecule has 0 fully saturated rings. The first-order chi connectivity index (χ1) is 15.2. The van der Waals surface area contributed by atoms with Crippen LogP contribution in [0, 0.1) is 0 Å². The van der Waals surface area contributed by atoms with E-state index in [1.165, 1.54) is 0 Å². The van der Waals surface area contributed by atoms with Crippen molar-refractivity contribution in [1.82, 2.24) is 16.0 Å². The van der Waals surface area contributed by atoms with Crippen LogP contribution in [0.4, 0.5) is 0 Å². The lowest BCUT2D eigenvalue weighted by atomic mass is 10.0. The van der Waals surface area contributed by atoms with Gasteiger partial charge >= 0.3 is 0 Å². The fraction of sp³-hybridized carbons (Fsp3) is 0.250. The SMILES string of the molecule is CN=C(NCc1cccc(C(=O)NCc2ccco2)c1)NCC(CO)c1ccccc1. The first kappa shape index (κ1) is 22.1. The van der Waals surface area contributed by atoms with E-state index in [2.05, 4.69) is 20.9 Å². The average molecular weight is 421 g/mol. The number of hydrogen-bond donors (Lipinski definition) is 4. The zero-order valence-corrected chi connectivity index (χ0v) is 17.5. The number of aliphatic hydroxyl groups excluding tert-OH is 1. The highest BCUT2D eigenvalue weighted by Gasteiger charge is 2.11. The minimum Gasteiger partial charge on any atom is -0.467 e. The molecule has 0 aliphatic rings. The zero-order chi connectivity index (χ0) is 21.9.